The lowest BCUT2D eigenvalue weighted by atomic mass is 9.98. The zero-order valence-electron chi connectivity index (χ0n) is 17.3. The van der Waals surface area contributed by atoms with E-state index >= 15 is 0 Å². The van der Waals surface area contributed by atoms with E-state index in [1.165, 1.54) is 29.6 Å². The van der Waals surface area contributed by atoms with Crippen LogP contribution in [0, 0.1) is 5.92 Å². The zero-order valence-corrected chi connectivity index (χ0v) is 18.8. The van der Waals surface area contributed by atoms with Crippen LogP contribution in [0.1, 0.15) is 12.8 Å². The molecule has 0 aromatic heterocycles. The van der Waals surface area contributed by atoms with Crippen molar-refractivity contribution >= 4 is 44.8 Å². The van der Waals surface area contributed by atoms with Gasteiger partial charge in [0.15, 0.2) is 6.61 Å². The third kappa shape index (κ3) is 4.52. The molecule has 1 atom stereocenters. The Bertz CT molecular complexity index is 1170. The van der Waals surface area contributed by atoms with Crippen LogP contribution in [-0.2, 0) is 19.6 Å². The molecule has 2 N–H and O–H groups in total. The Kier molecular flexibility index (Phi) is 6.27. The number of fused-ring (bicyclic) bond motifs is 1. The predicted octanol–water partition coefficient (Wildman–Crippen LogP) is 2.72. The highest BCUT2D eigenvalue weighted by molar-refractivity contribution is 7.89. The molecule has 2 aliphatic rings. The highest BCUT2D eigenvalue weighted by Crippen LogP contribution is 2.33. The molecule has 0 radical (unpaired) electrons. The van der Waals surface area contributed by atoms with E-state index in [2.05, 4.69) is 10.6 Å². The molecule has 2 heterocycles. The molecule has 0 bridgehead atoms. The van der Waals surface area contributed by atoms with Crippen LogP contribution >= 0.6 is 11.6 Å². The molecule has 1 unspecified atom stereocenters. The standard InChI is InChI=1S/C21H22ClN3O6S/c1-30-18-6-4-14(9-16(18)22)23-21(27)13-3-2-8-25(11-13)32(28,29)15-5-7-19-17(10-15)24-20(26)12-31-19/h4-7,9-10,13H,2-3,8,11-12H2,1H3,(H,23,27)(H,24,26). The second kappa shape index (κ2) is 8.97. The second-order valence-electron chi connectivity index (χ2n) is 7.54. The van der Waals surface area contributed by atoms with Crippen molar-refractivity contribution < 1.29 is 27.5 Å². The van der Waals surface area contributed by atoms with Gasteiger partial charge in [0.1, 0.15) is 11.5 Å². The lowest BCUT2D eigenvalue weighted by molar-refractivity contribution is -0.121. The second-order valence-corrected chi connectivity index (χ2v) is 9.88. The first-order valence-electron chi connectivity index (χ1n) is 9.99. The molecular formula is C21H22ClN3O6S. The van der Waals surface area contributed by atoms with Gasteiger partial charge in [-0.05, 0) is 49.2 Å². The van der Waals surface area contributed by atoms with Gasteiger partial charge in [0.05, 0.1) is 28.6 Å². The lowest BCUT2D eigenvalue weighted by Gasteiger charge is -2.31. The first-order chi connectivity index (χ1) is 15.3. The van der Waals surface area contributed by atoms with E-state index < -0.39 is 15.9 Å². The number of nitrogens with zero attached hydrogens (tertiary/aromatic N) is 1. The van der Waals surface area contributed by atoms with Crippen LogP contribution in [0.3, 0.4) is 0 Å². The molecule has 32 heavy (non-hydrogen) atoms. The topological polar surface area (TPSA) is 114 Å². The minimum absolute atomic E-state index is 0.0324. The third-order valence-corrected chi connectivity index (χ3v) is 7.55. The number of carbonyl (C=O) groups excluding carboxylic acids is 2. The van der Waals surface area contributed by atoms with E-state index in [1.807, 2.05) is 0 Å². The van der Waals surface area contributed by atoms with Crippen LogP contribution in [0.15, 0.2) is 41.3 Å². The lowest BCUT2D eigenvalue weighted by Crippen LogP contribution is -2.43. The first-order valence-corrected chi connectivity index (χ1v) is 11.8. The Labute approximate surface area is 190 Å². The van der Waals surface area contributed by atoms with Gasteiger partial charge in [-0.3, -0.25) is 9.59 Å². The monoisotopic (exact) mass is 479 g/mol. The van der Waals surface area contributed by atoms with Gasteiger partial charge in [0.2, 0.25) is 15.9 Å². The predicted molar refractivity (Wildman–Crippen MR) is 119 cm³/mol. The van der Waals surface area contributed by atoms with Crippen molar-refractivity contribution in [3.8, 4) is 11.5 Å². The van der Waals surface area contributed by atoms with Crippen molar-refractivity contribution in [2.75, 3.05) is 37.4 Å². The van der Waals surface area contributed by atoms with Crippen LogP contribution in [0.4, 0.5) is 11.4 Å². The van der Waals surface area contributed by atoms with E-state index in [-0.39, 0.29) is 29.9 Å². The third-order valence-electron chi connectivity index (χ3n) is 5.40. The number of amides is 2. The van der Waals surface area contributed by atoms with Crippen LogP contribution in [0.2, 0.25) is 5.02 Å². The molecule has 2 aromatic rings. The zero-order chi connectivity index (χ0) is 22.9. The van der Waals surface area contributed by atoms with Crippen molar-refractivity contribution in [3.63, 3.8) is 0 Å². The van der Waals surface area contributed by atoms with Crippen molar-refractivity contribution in [2.24, 2.45) is 5.92 Å². The molecular weight excluding hydrogens is 458 g/mol. The highest BCUT2D eigenvalue weighted by atomic mass is 35.5. The molecule has 0 aliphatic carbocycles. The number of anilines is 2. The summed E-state index contributed by atoms with van der Waals surface area (Å²) in [5.41, 5.74) is 0.816. The molecule has 11 heteroatoms. The average molecular weight is 480 g/mol. The number of methoxy groups -OCH3 is 1. The van der Waals surface area contributed by atoms with Gasteiger partial charge >= 0.3 is 0 Å². The van der Waals surface area contributed by atoms with Gasteiger partial charge in [-0.15, -0.1) is 0 Å². The van der Waals surface area contributed by atoms with Crippen LogP contribution < -0.4 is 20.1 Å². The van der Waals surface area contributed by atoms with Gasteiger partial charge in [0, 0.05) is 18.8 Å². The quantitative estimate of drug-likeness (QED) is 0.681. The van der Waals surface area contributed by atoms with Gasteiger partial charge in [-0.2, -0.15) is 4.31 Å². The minimum atomic E-state index is -3.86. The maximum Gasteiger partial charge on any atom is 0.262 e. The number of hydrogen-bond donors (Lipinski definition) is 2. The van der Waals surface area contributed by atoms with Crippen LogP contribution in [0.25, 0.3) is 0 Å². The van der Waals surface area contributed by atoms with Gasteiger partial charge in [-0.25, -0.2) is 8.42 Å². The Morgan fingerprint density at radius 1 is 1.28 bits per heavy atom. The number of halogens is 1. The number of carbonyl (C=O) groups is 2. The average Bonchev–Trinajstić information content (AvgIpc) is 2.78. The molecule has 1 fully saturated rings. The molecule has 2 amide bonds. The number of benzene rings is 2. The minimum Gasteiger partial charge on any atom is -0.495 e. The van der Waals surface area contributed by atoms with Gasteiger partial charge in [0.25, 0.3) is 5.91 Å². The van der Waals surface area contributed by atoms with E-state index in [0.717, 1.165) is 0 Å². The molecule has 1 saturated heterocycles. The van der Waals surface area contributed by atoms with Crippen molar-refractivity contribution in [3.05, 3.63) is 41.4 Å². The van der Waals surface area contributed by atoms with Gasteiger partial charge in [-0.1, -0.05) is 11.6 Å². The smallest absolute Gasteiger partial charge is 0.262 e. The Balaban J connectivity index is 1.48. The van der Waals surface area contributed by atoms with Crippen molar-refractivity contribution in [1.29, 1.82) is 0 Å². The molecule has 0 spiro atoms. The summed E-state index contributed by atoms with van der Waals surface area (Å²) in [7, 11) is -2.36. The molecule has 0 saturated carbocycles. The van der Waals surface area contributed by atoms with Crippen LogP contribution in [-0.4, -0.2) is 51.3 Å². The fourth-order valence-electron chi connectivity index (χ4n) is 3.73. The Morgan fingerprint density at radius 2 is 2.09 bits per heavy atom. The van der Waals surface area contributed by atoms with Crippen molar-refractivity contribution in [1.82, 2.24) is 4.31 Å². The largest absolute Gasteiger partial charge is 0.495 e. The molecule has 2 aromatic carbocycles. The molecule has 4 rings (SSSR count). The van der Waals surface area contributed by atoms with E-state index in [4.69, 9.17) is 21.1 Å². The Hall–Kier alpha value is -2.82. The number of rotatable bonds is 5. The Morgan fingerprint density at radius 3 is 2.84 bits per heavy atom. The van der Waals surface area contributed by atoms with Gasteiger partial charge < -0.3 is 20.1 Å². The number of nitrogens with one attached hydrogen (secondary N) is 2. The molecule has 170 valence electrons. The van der Waals surface area contributed by atoms with Crippen molar-refractivity contribution in [2.45, 2.75) is 17.7 Å². The summed E-state index contributed by atoms with van der Waals surface area (Å²) in [6.45, 7) is 0.250. The number of sulfonamides is 1. The molecule has 9 nitrogen and oxygen atoms in total. The normalized spacial score (nSPS) is 18.8. The summed E-state index contributed by atoms with van der Waals surface area (Å²) in [5.74, 6) is -0.235. The summed E-state index contributed by atoms with van der Waals surface area (Å²) in [6.07, 6.45) is 1.11. The number of ether oxygens (including phenoxy) is 2. The SMILES string of the molecule is COc1ccc(NC(=O)C2CCCN(S(=O)(=O)c3ccc4c(c3)NC(=O)CO4)C2)cc1Cl. The number of hydrogen-bond acceptors (Lipinski definition) is 6. The fourth-order valence-corrected chi connectivity index (χ4v) is 5.54. The fraction of sp³-hybridized carbons (Fsp3) is 0.333. The van der Waals surface area contributed by atoms with E-state index in [9.17, 15) is 18.0 Å². The van der Waals surface area contributed by atoms with E-state index in [1.54, 1.807) is 18.2 Å². The summed E-state index contributed by atoms with van der Waals surface area (Å²) in [5, 5.41) is 5.77. The van der Waals surface area contributed by atoms with E-state index in [0.29, 0.717) is 47.3 Å². The number of piperidine rings is 1. The first kappa shape index (κ1) is 22.4. The molecule has 2 aliphatic heterocycles. The maximum absolute atomic E-state index is 13.2. The summed E-state index contributed by atoms with van der Waals surface area (Å²) < 4.78 is 38.1. The summed E-state index contributed by atoms with van der Waals surface area (Å²) in [6, 6.07) is 9.24. The van der Waals surface area contributed by atoms with Crippen LogP contribution in [0.5, 0.6) is 11.5 Å². The highest BCUT2D eigenvalue weighted by Gasteiger charge is 2.34. The maximum atomic E-state index is 13.2. The summed E-state index contributed by atoms with van der Waals surface area (Å²) in [4.78, 5) is 24.4. The summed E-state index contributed by atoms with van der Waals surface area (Å²) >= 11 is 6.11.